The van der Waals surface area contributed by atoms with Crippen molar-refractivity contribution < 1.29 is 0 Å². The third-order valence-electron chi connectivity index (χ3n) is 16.3. The Bertz CT molecular complexity index is 4330. The van der Waals surface area contributed by atoms with Gasteiger partial charge in [0.25, 0.3) is 6.71 Å². The predicted molar refractivity (Wildman–Crippen MR) is 339 cm³/mol. The first kappa shape index (κ1) is 47.3. The lowest BCUT2D eigenvalue weighted by Gasteiger charge is -2.45. The molecule has 0 amide bonds. The number of anilines is 6. The first-order valence-electron chi connectivity index (χ1n) is 27.4. The highest BCUT2D eigenvalue weighted by molar-refractivity contribution is 7.00. The third-order valence-corrected chi connectivity index (χ3v) is 16.3. The van der Waals surface area contributed by atoms with Crippen molar-refractivity contribution in [1.29, 1.82) is 5.26 Å². The van der Waals surface area contributed by atoms with Crippen LogP contribution in [0.25, 0.3) is 93.2 Å². The Balaban J connectivity index is 1.11. The Morgan fingerprint density at radius 2 is 0.654 bits per heavy atom. The van der Waals surface area contributed by atoms with E-state index in [4.69, 9.17) is 6.57 Å². The maximum absolute atomic E-state index is 11.4. The second-order valence-electron chi connectivity index (χ2n) is 21.1. The van der Waals surface area contributed by atoms with Crippen LogP contribution in [-0.4, -0.2) is 6.71 Å². The van der Waals surface area contributed by atoms with E-state index in [-0.39, 0.29) is 6.71 Å². The Morgan fingerprint density at radius 3 is 1.00 bits per heavy atom. The number of nitrogens with zero attached hydrogens (tertiary/aromatic N) is 4. The highest BCUT2D eigenvalue weighted by Crippen LogP contribution is 2.51. The molecule has 2 aliphatic rings. The van der Waals surface area contributed by atoms with Crippen molar-refractivity contribution in [3.63, 3.8) is 0 Å². The van der Waals surface area contributed by atoms with Crippen molar-refractivity contribution in [3.8, 4) is 72.8 Å². The molecular formula is C76H47BN4. The third kappa shape index (κ3) is 8.15. The van der Waals surface area contributed by atoms with Crippen LogP contribution < -0.4 is 26.2 Å². The molecule has 0 spiro atoms. The molecule has 0 atom stereocenters. The van der Waals surface area contributed by atoms with Gasteiger partial charge in [0.05, 0.1) is 12.6 Å². The van der Waals surface area contributed by atoms with Gasteiger partial charge in [0.1, 0.15) is 0 Å². The Kier molecular flexibility index (Phi) is 11.4. The summed E-state index contributed by atoms with van der Waals surface area (Å²) in [6.45, 7) is 8.67. The van der Waals surface area contributed by atoms with E-state index in [1.807, 2.05) is 42.5 Å². The van der Waals surface area contributed by atoms with Crippen LogP contribution in [0.5, 0.6) is 0 Å². The predicted octanol–water partition coefficient (Wildman–Crippen LogP) is 18.5. The van der Waals surface area contributed by atoms with Gasteiger partial charge in [-0.3, -0.25) is 0 Å². The maximum atomic E-state index is 11.4. The van der Waals surface area contributed by atoms with Gasteiger partial charge in [-0.05, 0) is 172 Å². The van der Waals surface area contributed by atoms with E-state index in [1.54, 1.807) is 0 Å². The van der Waals surface area contributed by atoms with Crippen LogP contribution in [0.1, 0.15) is 5.56 Å². The fraction of sp³-hybridized carbons (Fsp3) is 0. The second-order valence-corrected chi connectivity index (χ2v) is 21.1. The second kappa shape index (κ2) is 19.5. The molecule has 13 aromatic rings. The molecule has 0 N–H and O–H groups in total. The smallest absolute Gasteiger partial charge is 0.252 e. The highest BCUT2D eigenvalue weighted by atomic mass is 15.2. The first-order chi connectivity index (χ1) is 40.0. The molecule has 374 valence electrons. The summed E-state index contributed by atoms with van der Waals surface area (Å²) >= 11 is 0. The van der Waals surface area contributed by atoms with E-state index in [0.29, 0.717) is 16.8 Å². The lowest BCUT2D eigenvalue weighted by atomic mass is 9.33. The lowest BCUT2D eigenvalue weighted by molar-refractivity contribution is 1.26. The van der Waals surface area contributed by atoms with Crippen LogP contribution in [0.2, 0.25) is 0 Å². The summed E-state index contributed by atoms with van der Waals surface area (Å²) in [6, 6.07) is 105. The van der Waals surface area contributed by atoms with Crippen molar-refractivity contribution in [2.75, 3.05) is 9.80 Å². The van der Waals surface area contributed by atoms with Gasteiger partial charge in [-0.2, -0.15) is 5.26 Å². The molecule has 0 fully saturated rings. The van der Waals surface area contributed by atoms with E-state index in [0.717, 1.165) is 122 Å². The fourth-order valence-electron chi connectivity index (χ4n) is 12.6. The summed E-state index contributed by atoms with van der Waals surface area (Å²) in [5, 5.41) is 16.0. The minimum absolute atomic E-state index is 0.233. The fourth-order valence-corrected chi connectivity index (χ4v) is 12.6. The standard InChI is InChI=1S/C76H47BN4/c1-79-70-44-63(54-29-15-6-16-30-54)37-65(49-78)75(70)64-47-73-76-74(48-64)81(67-40-61(52-25-11-4-12-26-52)36-62(41-67)53-27-13-5-14-28-53)72-46-58-34-20-18-32-56(58)43-69(72)77(76)68-42-55-31-17-19-33-57(55)45-71(68)80(73)66-38-59(50-21-7-2-8-22-50)35-60(39-66)51-23-9-3-10-24-51/h2-48H. The van der Waals surface area contributed by atoms with Crippen LogP contribution in [-0.2, 0) is 0 Å². The monoisotopic (exact) mass is 1030 g/mol. The van der Waals surface area contributed by atoms with Crippen molar-refractivity contribution in [3.05, 3.63) is 302 Å². The van der Waals surface area contributed by atoms with Gasteiger partial charge < -0.3 is 9.80 Å². The van der Waals surface area contributed by atoms with Gasteiger partial charge >= 0.3 is 0 Å². The SMILES string of the molecule is [C-]#[N+]c1cc(-c2ccccc2)cc(C#N)c1-c1cc2c3c(c1)N(c1cc(-c4ccccc4)cc(-c4ccccc4)c1)c1cc4ccccc4cc1B3c1cc3ccccc3cc1N2c1cc(-c2ccccc2)cc(-c2ccccc2)c1. The van der Waals surface area contributed by atoms with Gasteiger partial charge in [-0.25, -0.2) is 4.85 Å². The zero-order valence-electron chi connectivity index (χ0n) is 44.0. The van der Waals surface area contributed by atoms with E-state index < -0.39 is 0 Å². The van der Waals surface area contributed by atoms with Crippen LogP contribution in [0, 0.1) is 17.9 Å². The largest absolute Gasteiger partial charge is 0.311 e. The maximum Gasteiger partial charge on any atom is 0.252 e. The van der Waals surface area contributed by atoms with Crippen LogP contribution in [0.4, 0.5) is 39.8 Å². The topological polar surface area (TPSA) is 34.6 Å². The molecule has 0 bridgehead atoms. The summed E-state index contributed by atoms with van der Waals surface area (Å²) in [5.74, 6) is 0. The zero-order chi connectivity index (χ0) is 54.0. The summed E-state index contributed by atoms with van der Waals surface area (Å²) in [7, 11) is 0. The number of hydrogen-bond donors (Lipinski definition) is 0. The van der Waals surface area contributed by atoms with Crippen molar-refractivity contribution in [1.82, 2.24) is 0 Å². The number of fused-ring (bicyclic) bond motifs is 6. The van der Waals surface area contributed by atoms with E-state index in [9.17, 15) is 5.26 Å². The van der Waals surface area contributed by atoms with E-state index in [2.05, 4.69) is 263 Å². The Hall–Kier alpha value is -11.0. The van der Waals surface area contributed by atoms with E-state index in [1.165, 1.54) is 10.9 Å². The number of hydrogen-bond acceptors (Lipinski definition) is 3. The number of rotatable bonds is 8. The van der Waals surface area contributed by atoms with Crippen LogP contribution in [0.3, 0.4) is 0 Å². The average molecular weight is 1030 g/mol. The molecule has 0 radical (unpaired) electrons. The molecule has 0 saturated carbocycles. The molecule has 0 aromatic heterocycles. The molecule has 2 heterocycles. The molecule has 13 aromatic carbocycles. The van der Waals surface area contributed by atoms with Gasteiger partial charge in [0.15, 0.2) is 5.69 Å². The molecule has 5 heteroatoms. The quantitative estimate of drug-likeness (QED) is 0.112. The summed E-state index contributed by atoms with van der Waals surface area (Å²) < 4.78 is 0. The van der Waals surface area contributed by atoms with Crippen LogP contribution in [0.15, 0.2) is 285 Å². The van der Waals surface area contributed by atoms with Gasteiger partial charge in [-0.15, -0.1) is 0 Å². The average Bonchev–Trinajstić information content (AvgIpc) is 2.08. The molecule has 15 rings (SSSR count). The van der Waals surface area contributed by atoms with Gasteiger partial charge in [-0.1, -0.05) is 212 Å². The number of nitriles is 1. The molecule has 0 saturated heterocycles. The molecule has 0 aliphatic carbocycles. The van der Waals surface area contributed by atoms with Crippen molar-refractivity contribution in [2.45, 2.75) is 0 Å². The molecule has 2 aliphatic heterocycles. The van der Waals surface area contributed by atoms with E-state index >= 15 is 0 Å². The van der Waals surface area contributed by atoms with Crippen LogP contribution >= 0.6 is 0 Å². The summed E-state index contributed by atoms with van der Waals surface area (Å²) in [6.07, 6.45) is 0. The first-order valence-corrected chi connectivity index (χ1v) is 27.4. The minimum atomic E-state index is -0.233. The summed E-state index contributed by atoms with van der Waals surface area (Å²) in [4.78, 5) is 9.23. The molecule has 81 heavy (non-hydrogen) atoms. The Labute approximate surface area is 471 Å². The normalized spacial score (nSPS) is 12.1. The molecule has 4 nitrogen and oxygen atoms in total. The lowest BCUT2D eigenvalue weighted by Crippen LogP contribution is -2.61. The summed E-state index contributed by atoms with van der Waals surface area (Å²) in [5.41, 5.74) is 22.3. The van der Waals surface area contributed by atoms with Gasteiger partial charge in [0, 0.05) is 45.3 Å². The zero-order valence-corrected chi connectivity index (χ0v) is 44.0. The Morgan fingerprint density at radius 1 is 0.321 bits per heavy atom. The minimum Gasteiger partial charge on any atom is -0.311 e. The van der Waals surface area contributed by atoms with Crippen molar-refractivity contribution in [2.24, 2.45) is 0 Å². The number of benzene rings is 13. The highest BCUT2D eigenvalue weighted by Gasteiger charge is 2.44. The van der Waals surface area contributed by atoms with Crippen molar-refractivity contribution >= 4 is 84.5 Å². The van der Waals surface area contributed by atoms with Gasteiger partial charge in [0.2, 0.25) is 0 Å². The molecule has 0 unspecified atom stereocenters. The molecular weight excluding hydrogens is 980 g/mol.